The van der Waals surface area contributed by atoms with Gasteiger partial charge in [-0.3, -0.25) is 4.79 Å². The van der Waals surface area contributed by atoms with Crippen LogP contribution in [-0.2, 0) is 14.8 Å². The molecule has 7 heteroatoms. The predicted molar refractivity (Wildman–Crippen MR) is 102 cm³/mol. The summed E-state index contributed by atoms with van der Waals surface area (Å²) in [4.78, 5) is 12.2. The van der Waals surface area contributed by atoms with E-state index in [0.29, 0.717) is 12.4 Å². The number of amides is 1. The lowest BCUT2D eigenvalue weighted by Gasteiger charge is -2.28. The topological polar surface area (TPSA) is 84.5 Å². The smallest absolute Gasteiger partial charge is 0.240 e. The Bertz CT molecular complexity index is 665. The van der Waals surface area contributed by atoms with Gasteiger partial charge in [-0.1, -0.05) is 13.3 Å². The zero-order valence-electron chi connectivity index (χ0n) is 15.7. The van der Waals surface area contributed by atoms with Crippen LogP contribution in [0.2, 0.25) is 0 Å². The molecule has 1 aliphatic carbocycles. The fourth-order valence-electron chi connectivity index (χ4n) is 3.28. The number of hydrogen-bond donors (Lipinski definition) is 2. The third kappa shape index (κ3) is 6.29. The molecule has 0 unspecified atom stereocenters. The lowest BCUT2D eigenvalue weighted by atomic mass is 9.84. The van der Waals surface area contributed by atoms with E-state index in [4.69, 9.17) is 4.74 Å². The number of hydrogen-bond acceptors (Lipinski definition) is 4. The maximum absolute atomic E-state index is 12.3. The van der Waals surface area contributed by atoms with E-state index in [-0.39, 0.29) is 29.8 Å². The fourth-order valence-corrected chi connectivity index (χ4v) is 4.31. The molecule has 1 aliphatic rings. The van der Waals surface area contributed by atoms with Crippen LogP contribution < -0.4 is 14.8 Å². The van der Waals surface area contributed by atoms with Crippen LogP contribution in [0, 0.1) is 5.92 Å². The van der Waals surface area contributed by atoms with Crippen molar-refractivity contribution in [1.29, 1.82) is 0 Å². The fraction of sp³-hybridized carbons (Fsp3) is 0.632. The van der Waals surface area contributed by atoms with Crippen molar-refractivity contribution in [1.82, 2.24) is 10.0 Å². The van der Waals surface area contributed by atoms with Gasteiger partial charge < -0.3 is 10.1 Å². The van der Waals surface area contributed by atoms with Crippen LogP contribution in [0.4, 0.5) is 0 Å². The van der Waals surface area contributed by atoms with E-state index in [1.54, 1.807) is 12.1 Å². The van der Waals surface area contributed by atoms with Gasteiger partial charge in [0.1, 0.15) is 5.75 Å². The molecule has 0 radical (unpaired) electrons. The minimum absolute atomic E-state index is 0.0890. The number of benzene rings is 1. The molecule has 0 bridgehead atoms. The van der Waals surface area contributed by atoms with Crippen molar-refractivity contribution in [3.05, 3.63) is 24.3 Å². The third-order valence-electron chi connectivity index (χ3n) is 4.88. The Morgan fingerprint density at radius 2 is 1.77 bits per heavy atom. The van der Waals surface area contributed by atoms with Crippen molar-refractivity contribution >= 4 is 15.9 Å². The minimum atomic E-state index is -3.62. The summed E-state index contributed by atoms with van der Waals surface area (Å²) in [5.74, 6) is 1.31. The average Bonchev–Trinajstić information content (AvgIpc) is 2.63. The first-order chi connectivity index (χ1) is 12.4. The van der Waals surface area contributed by atoms with Crippen LogP contribution in [0.1, 0.15) is 52.4 Å². The van der Waals surface area contributed by atoms with Gasteiger partial charge >= 0.3 is 0 Å². The van der Waals surface area contributed by atoms with E-state index in [1.165, 1.54) is 18.6 Å². The van der Waals surface area contributed by atoms with Gasteiger partial charge in [0.05, 0.1) is 11.5 Å². The quantitative estimate of drug-likeness (QED) is 0.688. The number of carbonyl (C=O) groups is 1. The minimum Gasteiger partial charge on any atom is -0.494 e. The van der Waals surface area contributed by atoms with Gasteiger partial charge in [-0.05, 0) is 62.8 Å². The summed E-state index contributed by atoms with van der Waals surface area (Å²) < 4.78 is 32.3. The Labute approximate surface area is 156 Å². The lowest BCUT2D eigenvalue weighted by Crippen LogP contribution is -2.39. The number of carbonyl (C=O) groups excluding carboxylic acids is 1. The molecule has 0 spiro atoms. The highest BCUT2D eigenvalue weighted by atomic mass is 32.2. The summed E-state index contributed by atoms with van der Waals surface area (Å²) in [6.45, 7) is 4.69. The number of nitrogens with one attached hydrogen (secondary N) is 2. The maximum Gasteiger partial charge on any atom is 0.240 e. The second-order valence-electron chi connectivity index (χ2n) is 6.75. The van der Waals surface area contributed by atoms with Gasteiger partial charge in [-0.15, -0.1) is 0 Å². The van der Waals surface area contributed by atoms with Gasteiger partial charge in [0.25, 0.3) is 0 Å². The Balaban J connectivity index is 1.74. The molecular formula is C19H30N2O4S. The van der Waals surface area contributed by atoms with E-state index in [1.807, 2.05) is 6.92 Å². The van der Waals surface area contributed by atoms with Crippen molar-refractivity contribution in [2.75, 3.05) is 13.2 Å². The van der Waals surface area contributed by atoms with Crippen molar-refractivity contribution in [3.8, 4) is 5.75 Å². The first-order valence-corrected chi connectivity index (χ1v) is 10.9. The van der Waals surface area contributed by atoms with Crippen LogP contribution in [0.3, 0.4) is 0 Å². The van der Waals surface area contributed by atoms with Gasteiger partial charge in [0.15, 0.2) is 0 Å². The molecule has 1 fully saturated rings. The SMILES string of the molecule is CCOc1ccc(S(=O)(=O)NCCC(=O)NC2CCC(CC)CC2)cc1. The second kappa shape index (κ2) is 9.92. The zero-order chi connectivity index (χ0) is 19.0. The summed E-state index contributed by atoms with van der Waals surface area (Å²) in [5.41, 5.74) is 0. The first-order valence-electron chi connectivity index (χ1n) is 9.46. The number of rotatable bonds is 9. The van der Waals surface area contributed by atoms with E-state index in [0.717, 1.165) is 31.6 Å². The second-order valence-corrected chi connectivity index (χ2v) is 8.51. The largest absolute Gasteiger partial charge is 0.494 e. The van der Waals surface area contributed by atoms with Crippen LogP contribution in [0.15, 0.2) is 29.2 Å². The molecule has 1 aromatic carbocycles. The third-order valence-corrected chi connectivity index (χ3v) is 6.36. The predicted octanol–water partition coefficient (Wildman–Crippen LogP) is 2.84. The van der Waals surface area contributed by atoms with Gasteiger partial charge in [-0.25, -0.2) is 13.1 Å². The van der Waals surface area contributed by atoms with Crippen molar-refractivity contribution in [3.63, 3.8) is 0 Å². The molecule has 2 rings (SSSR count). The Morgan fingerprint density at radius 3 is 2.35 bits per heavy atom. The average molecular weight is 383 g/mol. The summed E-state index contributed by atoms with van der Waals surface area (Å²) in [6, 6.07) is 6.47. The molecule has 0 aliphatic heterocycles. The Kier molecular flexibility index (Phi) is 7.90. The van der Waals surface area contributed by atoms with Gasteiger partial charge in [0, 0.05) is 19.0 Å². The van der Waals surface area contributed by atoms with Crippen molar-refractivity contribution < 1.29 is 17.9 Å². The molecule has 1 amide bonds. The lowest BCUT2D eigenvalue weighted by molar-refractivity contribution is -0.121. The van der Waals surface area contributed by atoms with E-state index in [2.05, 4.69) is 17.0 Å². The molecule has 6 nitrogen and oxygen atoms in total. The van der Waals surface area contributed by atoms with Crippen molar-refractivity contribution in [2.45, 2.75) is 63.3 Å². The van der Waals surface area contributed by atoms with E-state index >= 15 is 0 Å². The zero-order valence-corrected chi connectivity index (χ0v) is 16.5. The van der Waals surface area contributed by atoms with Crippen LogP contribution in [0.5, 0.6) is 5.75 Å². The normalized spacial score (nSPS) is 20.5. The standard InChI is InChI=1S/C19H30N2O4S/c1-3-15-5-7-16(8-6-15)21-19(22)13-14-20-26(23,24)18-11-9-17(10-12-18)25-4-2/h9-12,15-16,20H,3-8,13-14H2,1-2H3,(H,21,22). The molecule has 0 aromatic heterocycles. The molecular weight excluding hydrogens is 352 g/mol. The monoisotopic (exact) mass is 382 g/mol. The molecule has 1 aromatic rings. The molecule has 26 heavy (non-hydrogen) atoms. The maximum atomic E-state index is 12.3. The molecule has 0 atom stereocenters. The molecule has 1 saturated carbocycles. The molecule has 0 saturated heterocycles. The number of sulfonamides is 1. The summed E-state index contributed by atoms with van der Waals surface area (Å²) in [7, 11) is -3.62. The van der Waals surface area contributed by atoms with Gasteiger partial charge in [-0.2, -0.15) is 0 Å². The Morgan fingerprint density at radius 1 is 1.12 bits per heavy atom. The van der Waals surface area contributed by atoms with Crippen LogP contribution in [0.25, 0.3) is 0 Å². The van der Waals surface area contributed by atoms with E-state index in [9.17, 15) is 13.2 Å². The molecule has 2 N–H and O–H groups in total. The molecule has 146 valence electrons. The summed E-state index contributed by atoms with van der Waals surface area (Å²) >= 11 is 0. The highest BCUT2D eigenvalue weighted by molar-refractivity contribution is 7.89. The highest BCUT2D eigenvalue weighted by Crippen LogP contribution is 2.26. The Hall–Kier alpha value is -1.60. The van der Waals surface area contributed by atoms with Crippen LogP contribution in [-0.4, -0.2) is 33.5 Å². The number of ether oxygens (including phenoxy) is 1. The van der Waals surface area contributed by atoms with E-state index < -0.39 is 10.0 Å². The molecule has 0 heterocycles. The first kappa shape index (κ1) is 20.7. The summed E-state index contributed by atoms with van der Waals surface area (Å²) in [6.07, 6.45) is 5.69. The van der Waals surface area contributed by atoms with Gasteiger partial charge in [0.2, 0.25) is 15.9 Å². The van der Waals surface area contributed by atoms with Crippen LogP contribution >= 0.6 is 0 Å². The van der Waals surface area contributed by atoms with Crippen molar-refractivity contribution in [2.24, 2.45) is 5.92 Å². The summed E-state index contributed by atoms with van der Waals surface area (Å²) in [5, 5.41) is 3.02. The highest BCUT2D eigenvalue weighted by Gasteiger charge is 2.21.